The Morgan fingerprint density at radius 1 is 1.24 bits per heavy atom. The number of hydrogen-bond acceptors (Lipinski definition) is 3. The Morgan fingerprint density at radius 3 is 2.52 bits per heavy atom. The maximum absolute atomic E-state index is 12.4. The van der Waals surface area contributed by atoms with Crippen LogP contribution in [0.4, 0.5) is 0 Å². The van der Waals surface area contributed by atoms with Gasteiger partial charge in [-0.15, -0.1) is 0 Å². The predicted octanol–water partition coefficient (Wildman–Crippen LogP) is 3.94. The number of hydrogen-bond donors (Lipinski definition) is 2. The Balaban J connectivity index is 1.38. The Bertz CT molecular complexity index is 599. The second-order valence-corrected chi connectivity index (χ2v) is 8.51. The predicted molar refractivity (Wildman–Crippen MR) is 98.8 cm³/mol. The SMILES string of the molecule is CC(C)(O)[C@H]1CC[C@H](NC(=O)[C@H]2C[C@H](Oc3cccc(Cl)c3)C2)CC1. The minimum Gasteiger partial charge on any atom is -0.490 e. The standard InChI is InChI=1S/C20H28ClNO3/c1-20(2,24)14-6-8-16(9-7-14)22-19(23)13-10-18(11-13)25-17-5-3-4-15(21)12-17/h3-5,12-14,16,18,24H,6-11H2,1-2H3,(H,22,23)/t13-,14-,16-,18-. The summed E-state index contributed by atoms with van der Waals surface area (Å²) < 4.78 is 5.86. The molecule has 0 aromatic heterocycles. The fourth-order valence-corrected chi connectivity index (χ4v) is 4.05. The van der Waals surface area contributed by atoms with Crippen LogP contribution in [0.25, 0.3) is 0 Å². The minimum atomic E-state index is -0.617. The molecule has 1 aromatic rings. The lowest BCUT2D eigenvalue weighted by atomic mass is 9.76. The molecule has 1 amide bonds. The molecule has 2 fully saturated rings. The Morgan fingerprint density at radius 2 is 1.92 bits per heavy atom. The molecule has 5 heteroatoms. The number of aliphatic hydroxyl groups is 1. The molecule has 4 nitrogen and oxygen atoms in total. The zero-order chi connectivity index (χ0) is 18.0. The highest BCUT2D eigenvalue weighted by Gasteiger charge is 2.38. The van der Waals surface area contributed by atoms with Gasteiger partial charge in [0.25, 0.3) is 0 Å². The van der Waals surface area contributed by atoms with Crippen LogP contribution in [0.2, 0.25) is 5.02 Å². The van der Waals surface area contributed by atoms with Gasteiger partial charge in [-0.25, -0.2) is 0 Å². The molecule has 2 aliphatic carbocycles. The molecule has 2 N–H and O–H groups in total. The van der Waals surface area contributed by atoms with Gasteiger partial charge in [0.05, 0.1) is 5.60 Å². The number of amides is 1. The number of halogens is 1. The Kier molecular flexibility index (Phi) is 5.59. The molecule has 138 valence electrons. The van der Waals surface area contributed by atoms with Crippen LogP contribution in [0.15, 0.2) is 24.3 Å². The first-order valence-electron chi connectivity index (χ1n) is 9.26. The molecule has 0 unspecified atom stereocenters. The Labute approximate surface area is 154 Å². The van der Waals surface area contributed by atoms with Crippen molar-refractivity contribution in [2.75, 3.05) is 0 Å². The maximum atomic E-state index is 12.4. The quantitative estimate of drug-likeness (QED) is 0.830. The lowest BCUT2D eigenvalue weighted by Gasteiger charge is -2.38. The third kappa shape index (κ3) is 4.89. The minimum absolute atomic E-state index is 0.0520. The van der Waals surface area contributed by atoms with E-state index < -0.39 is 5.60 Å². The molecule has 1 aromatic carbocycles. The van der Waals surface area contributed by atoms with E-state index in [2.05, 4.69) is 5.32 Å². The van der Waals surface area contributed by atoms with Gasteiger partial charge in [0.2, 0.25) is 5.91 Å². The summed E-state index contributed by atoms with van der Waals surface area (Å²) in [5.74, 6) is 1.30. The van der Waals surface area contributed by atoms with Crippen LogP contribution < -0.4 is 10.1 Å². The molecule has 0 aliphatic heterocycles. The third-order valence-corrected chi connectivity index (χ3v) is 5.87. The van der Waals surface area contributed by atoms with Crippen LogP contribution in [0.1, 0.15) is 52.4 Å². The van der Waals surface area contributed by atoms with Crippen molar-refractivity contribution in [3.05, 3.63) is 29.3 Å². The van der Waals surface area contributed by atoms with E-state index in [0.717, 1.165) is 44.3 Å². The van der Waals surface area contributed by atoms with Gasteiger partial charge in [0, 0.05) is 17.0 Å². The highest BCUT2D eigenvalue weighted by atomic mass is 35.5. The fraction of sp³-hybridized carbons (Fsp3) is 0.650. The van der Waals surface area contributed by atoms with Gasteiger partial charge >= 0.3 is 0 Å². The normalized spacial score (nSPS) is 29.6. The van der Waals surface area contributed by atoms with E-state index in [1.165, 1.54) is 0 Å². The first kappa shape index (κ1) is 18.5. The molecule has 2 saturated carbocycles. The highest BCUT2D eigenvalue weighted by molar-refractivity contribution is 6.30. The first-order chi connectivity index (χ1) is 11.8. The molecule has 2 aliphatic rings. The van der Waals surface area contributed by atoms with Crippen molar-refractivity contribution in [2.45, 2.75) is 70.1 Å². The average molecular weight is 366 g/mol. The summed E-state index contributed by atoms with van der Waals surface area (Å²) in [6, 6.07) is 7.62. The van der Waals surface area contributed by atoms with Crippen molar-refractivity contribution in [3.8, 4) is 5.75 Å². The van der Waals surface area contributed by atoms with Crippen molar-refractivity contribution < 1.29 is 14.6 Å². The summed E-state index contributed by atoms with van der Waals surface area (Å²) in [5.41, 5.74) is -0.617. The molecular weight excluding hydrogens is 338 g/mol. The molecule has 0 radical (unpaired) electrons. The molecular formula is C20H28ClNO3. The zero-order valence-corrected chi connectivity index (χ0v) is 15.8. The van der Waals surface area contributed by atoms with Crippen molar-refractivity contribution in [3.63, 3.8) is 0 Å². The van der Waals surface area contributed by atoms with E-state index in [0.29, 0.717) is 10.9 Å². The third-order valence-electron chi connectivity index (χ3n) is 5.64. The van der Waals surface area contributed by atoms with Gasteiger partial charge in [-0.1, -0.05) is 17.7 Å². The number of carbonyl (C=O) groups excluding carboxylic acids is 1. The average Bonchev–Trinajstić information content (AvgIpc) is 2.50. The van der Waals surface area contributed by atoms with E-state index in [1.807, 2.05) is 32.0 Å². The molecule has 0 spiro atoms. The van der Waals surface area contributed by atoms with Crippen LogP contribution in [-0.4, -0.2) is 28.8 Å². The van der Waals surface area contributed by atoms with Crippen molar-refractivity contribution in [2.24, 2.45) is 11.8 Å². The maximum Gasteiger partial charge on any atom is 0.223 e. The van der Waals surface area contributed by atoms with Gasteiger partial charge in [0.1, 0.15) is 11.9 Å². The van der Waals surface area contributed by atoms with Crippen molar-refractivity contribution in [1.29, 1.82) is 0 Å². The second-order valence-electron chi connectivity index (χ2n) is 8.08. The first-order valence-corrected chi connectivity index (χ1v) is 9.64. The van der Waals surface area contributed by atoms with Crippen LogP contribution in [0, 0.1) is 11.8 Å². The molecule has 0 saturated heterocycles. The smallest absolute Gasteiger partial charge is 0.223 e. The van der Waals surface area contributed by atoms with Crippen molar-refractivity contribution in [1.82, 2.24) is 5.32 Å². The van der Waals surface area contributed by atoms with Crippen LogP contribution in [-0.2, 0) is 4.79 Å². The van der Waals surface area contributed by atoms with Crippen LogP contribution in [0.3, 0.4) is 0 Å². The topological polar surface area (TPSA) is 58.6 Å². The molecule has 0 atom stereocenters. The lowest BCUT2D eigenvalue weighted by Crippen LogP contribution is -2.48. The van der Waals surface area contributed by atoms with Crippen LogP contribution in [0.5, 0.6) is 5.75 Å². The second kappa shape index (κ2) is 7.55. The van der Waals surface area contributed by atoms with E-state index in [9.17, 15) is 9.90 Å². The summed E-state index contributed by atoms with van der Waals surface area (Å²) in [4.78, 5) is 12.4. The molecule has 0 bridgehead atoms. The number of rotatable bonds is 5. The summed E-state index contributed by atoms with van der Waals surface area (Å²) in [6.45, 7) is 3.76. The van der Waals surface area contributed by atoms with Crippen LogP contribution >= 0.6 is 11.6 Å². The van der Waals surface area contributed by atoms with E-state index in [4.69, 9.17) is 16.3 Å². The largest absolute Gasteiger partial charge is 0.490 e. The Hall–Kier alpha value is -1.26. The molecule has 0 heterocycles. The fourth-order valence-electron chi connectivity index (χ4n) is 3.87. The number of ether oxygens (including phenoxy) is 1. The molecule has 3 rings (SSSR count). The van der Waals surface area contributed by atoms with Gasteiger partial charge in [0.15, 0.2) is 0 Å². The number of carbonyl (C=O) groups is 1. The lowest BCUT2D eigenvalue weighted by molar-refractivity contribution is -0.131. The monoisotopic (exact) mass is 365 g/mol. The van der Waals surface area contributed by atoms with E-state index >= 15 is 0 Å². The summed E-state index contributed by atoms with van der Waals surface area (Å²) in [5, 5.41) is 14.0. The summed E-state index contributed by atoms with van der Waals surface area (Å²) in [7, 11) is 0. The van der Waals surface area contributed by atoms with E-state index in [1.54, 1.807) is 6.07 Å². The van der Waals surface area contributed by atoms with E-state index in [-0.39, 0.29) is 24.0 Å². The van der Waals surface area contributed by atoms with Gasteiger partial charge in [-0.3, -0.25) is 4.79 Å². The molecule has 25 heavy (non-hydrogen) atoms. The highest BCUT2D eigenvalue weighted by Crippen LogP contribution is 2.35. The number of nitrogens with one attached hydrogen (secondary N) is 1. The summed E-state index contributed by atoms with van der Waals surface area (Å²) >= 11 is 5.96. The zero-order valence-electron chi connectivity index (χ0n) is 15.0. The number of benzene rings is 1. The van der Waals surface area contributed by atoms with Gasteiger partial charge < -0.3 is 15.2 Å². The van der Waals surface area contributed by atoms with Gasteiger partial charge in [-0.2, -0.15) is 0 Å². The van der Waals surface area contributed by atoms with Crippen molar-refractivity contribution >= 4 is 17.5 Å². The van der Waals surface area contributed by atoms with Gasteiger partial charge in [-0.05, 0) is 76.5 Å². The summed E-state index contributed by atoms with van der Waals surface area (Å²) in [6.07, 6.45) is 5.47.